The molecule has 0 radical (unpaired) electrons. The van der Waals surface area contributed by atoms with Crippen molar-refractivity contribution in [3.63, 3.8) is 0 Å². The number of nitrogens with one attached hydrogen (secondary N) is 1. The fourth-order valence-corrected chi connectivity index (χ4v) is 5.14. The minimum atomic E-state index is -4.05. The second-order valence-corrected chi connectivity index (χ2v) is 9.71. The van der Waals surface area contributed by atoms with Crippen molar-refractivity contribution in [3.05, 3.63) is 22.7 Å². The Bertz CT molecular complexity index is 952. The Morgan fingerprint density at radius 2 is 2.10 bits per heavy atom. The molecule has 12 heteroatoms. The van der Waals surface area contributed by atoms with Gasteiger partial charge in [0.05, 0.1) is 17.2 Å². The lowest BCUT2D eigenvalue weighted by molar-refractivity contribution is -0.127. The monoisotopic (exact) mass is 442 g/mol. The number of amides is 2. The van der Waals surface area contributed by atoms with Crippen molar-refractivity contribution in [2.75, 3.05) is 12.3 Å². The first-order valence-electron chi connectivity index (χ1n) is 8.75. The highest BCUT2D eigenvalue weighted by Gasteiger charge is 2.38. The number of carbonyl (C=O) groups excluding carboxylic acids is 3. The Morgan fingerprint density at radius 1 is 1.38 bits per heavy atom. The molecule has 0 spiro atoms. The minimum absolute atomic E-state index is 0.0778. The molecule has 0 fully saturated rings. The second kappa shape index (κ2) is 9.74. The van der Waals surface area contributed by atoms with E-state index in [2.05, 4.69) is 15.5 Å². The van der Waals surface area contributed by atoms with Crippen LogP contribution in [0.3, 0.4) is 0 Å². The molecule has 0 aliphatic rings. The van der Waals surface area contributed by atoms with Crippen LogP contribution in [0.4, 0.5) is 0 Å². The molecule has 3 N–H and O–H groups in total. The maximum atomic E-state index is 12.3. The van der Waals surface area contributed by atoms with Gasteiger partial charge >= 0.3 is 0 Å². The zero-order valence-corrected chi connectivity index (χ0v) is 17.5. The van der Waals surface area contributed by atoms with Gasteiger partial charge in [0.25, 0.3) is 5.89 Å². The van der Waals surface area contributed by atoms with Gasteiger partial charge in [-0.2, -0.15) is 16.3 Å². The van der Waals surface area contributed by atoms with Crippen LogP contribution in [0.5, 0.6) is 0 Å². The van der Waals surface area contributed by atoms with Crippen LogP contribution in [0.15, 0.2) is 21.3 Å². The van der Waals surface area contributed by atoms with E-state index in [4.69, 9.17) is 10.3 Å². The molecule has 29 heavy (non-hydrogen) atoms. The number of rotatable bonds is 11. The summed E-state index contributed by atoms with van der Waals surface area (Å²) >= 11 is 1.45. The first-order chi connectivity index (χ1) is 13.7. The van der Waals surface area contributed by atoms with Crippen molar-refractivity contribution in [1.29, 1.82) is 0 Å². The Hall–Kier alpha value is -2.60. The summed E-state index contributed by atoms with van der Waals surface area (Å²) in [5, 5.41) is 7.81. The number of nitrogens with zero attached hydrogens (tertiary/aromatic N) is 2. The number of aromatic nitrogens is 2. The number of primary amides is 1. The van der Waals surface area contributed by atoms with Crippen LogP contribution in [0.2, 0.25) is 0 Å². The molecule has 1 unspecified atom stereocenters. The molecule has 158 valence electrons. The predicted octanol–water partition coefficient (Wildman–Crippen LogP) is 0.512. The third-order valence-electron chi connectivity index (χ3n) is 3.88. The molecular weight excluding hydrogens is 420 g/mol. The largest absolute Gasteiger partial charge is 0.368 e. The van der Waals surface area contributed by atoms with Gasteiger partial charge in [-0.05, 0) is 23.8 Å². The van der Waals surface area contributed by atoms with E-state index >= 15 is 0 Å². The summed E-state index contributed by atoms with van der Waals surface area (Å²) in [6, 6.07) is 1.79. The molecule has 0 aliphatic carbocycles. The molecular formula is C17H22N4O6S2. The number of nitrogens with two attached hydrogens (primary N) is 1. The summed E-state index contributed by atoms with van der Waals surface area (Å²) < 4.78 is 29.7. The zero-order valence-electron chi connectivity index (χ0n) is 15.9. The van der Waals surface area contributed by atoms with Gasteiger partial charge in [0.1, 0.15) is 6.29 Å². The lowest BCUT2D eigenvalue weighted by atomic mass is 10.1. The third kappa shape index (κ3) is 5.94. The summed E-state index contributed by atoms with van der Waals surface area (Å²) in [6.07, 6.45) is 0.697. The SMILES string of the molecule is CC(C)CS(=O)(=O)[C@H](C(N)=O)C(=O)NCCC(C=O)c1noc(-c2ccsc2)n1. The summed E-state index contributed by atoms with van der Waals surface area (Å²) in [5.74, 6) is -3.24. The van der Waals surface area contributed by atoms with E-state index in [-0.39, 0.29) is 36.4 Å². The molecule has 0 bridgehead atoms. The number of hydrogen-bond acceptors (Lipinski definition) is 9. The predicted molar refractivity (Wildman–Crippen MR) is 106 cm³/mol. The number of thiophene rings is 1. The van der Waals surface area contributed by atoms with E-state index < -0.39 is 32.8 Å². The molecule has 2 amide bonds. The van der Waals surface area contributed by atoms with Crippen LogP contribution in [0.25, 0.3) is 11.5 Å². The normalized spacial score (nSPS) is 13.8. The average molecular weight is 443 g/mol. The molecule has 2 aromatic rings. The van der Waals surface area contributed by atoms with Gasteiger partial charge in [-0.25, -0.2) is 8.42 Å². The fraction of sp³-hybridized carbons (Fsp3) is 0.471. The van der Waals surface area contributed by atoms with Crippen LogP contribution in [0, 0.1) is 5.92 Å². The standard InChI is InChI=1S/C17H22N4O6S2/c1-10(2)9-29(25,26)13(14(18)23)16(24)19-5-3-11(7-22)15-20-17(27-21-15)12-4-6-28-8-12/h4,6-8,10-11,13H,3,5,9H2,1-2H3,(H2,18,23)(H,19,24)/t11?,13-/m1/s1. The van der Waals surface area contributed by atoms with Crippen molar-refractivity contribution >= 4 is 39.3 Å². The highest BCUT2D eigenvalue weighted by Crippen LogP contribution is 2.22. The Morgan fingerprint density at radius 3 is 2.66 bits per heavy atom. The van der Waals surface area contributed by atoms with Crippen LogP contribution in [0.1, 0.15) is 32.0 Å². The first kappa shape index (κ1) is 22.7. The maximum Gasteiger partial charge on any atom is 0.258 e. The van der Waals surface area contributed by atoms with E-state index in [0.717, 1.165) is 5.56 Å². The van der Waals surface area contributed by atoms with Gasteiger partial charge < -0.3 is 20.4 Å². The van der Waals surface area contributed by atoms with E-state index in [9.17, 15) is 22.8 Å². The van der Waals surface area contributed by atoms with Crippen molar-refractivity contribution < 1.29 is 27.3 Å². The molecule has 2 heterocycles. The third-order valence-corrected chi connectivity index (χ3v) is 6.86. The van der Waals surface area contributed by atoms with E-state index in [1.54, 1.807) is 19.9 Å². The molecule has 10 nitrogen and oxygen atoms in total. The summed E-state index contributed by atoms with van der Waals surface area (Å²) in [6.45, 7) is 3.22. The number of carbonyl (C=O) groups is 3. The highest BCUT2D eigenvalue weighted by molar-refractivity contribution is 7.93. The maximum absolute atomic E-state index is 12.3. The first-order valence-corrected chi connectivity index (χ1v) is 11.4. The van der Waals surface area contributed by atoms with Gasteiger partial charge in [0.15, 0.2) is 15.7 Å². The molecule has 2 aromatic heterocycles. The van der Waals surface area contributed by atoms with Crippen LogP contribution in [-0.4, -0.2) is 54.2 Å². The van der Waals surface area contributed by atoms with Gasteiger partial charge in [-0.15, -0.1) is 0 Å². The number of sulfone groups is 1. The molecule has 0 aromatic carbocycles. The molecule has 0 aliphatic heterocycles. The van der Waals surface area contributed by atoms with Crippen LogP contribution < -0.4 is 11.1 Å². The molecule has 2 atom stereocenters. The van der Waals surface area contributed by atoms with Crippen molar-refractivity contribution in [2.45, 2.75) is 31.4 Å². The lowest BCUT2D eigenvalue weighted by Crippen LogP contribution is -2.49. The highest BCUT2D eigenvalue weighted by atomic mass is 32.2. The lowest BCUT2D eigenvalue weighted by Gasteiger charge is -2.16. The number of aldehydes is 1. The average Bonchev–Trinajstić information content (AvgIpc) is 3.28. The van der Waals surface area contributed by atoms with Crippen LogP contribution in [-0.2, 0) is 24.2 Å². The van der Waals surface area contributed by atoms with E-state index in [0.29, 0.717) is 6.29 Å². The Kier molecular flexibility index (Phi) is 7.62. The van der Waals surface area contributed by atoms with Gasteiger partial charge in [0.2, 0.25) is 17.1 Å². The molecule has 2 rings (SSSR count). The summed E-state index contributed by atoms with van der Waals surface area (Å²) in [7, 11) is -4.05. The number of hydrogen-bond donors (Lipinski definition) is 2. The smallest absolute Gasteiger partial charge is 0.258 e. The van der Waals surface area contributed by atoms with Crippen LogP contribution >= 0.6 is 11.3 Å². The fourth-order valence-electron chi connectivity index (χ4n) is 2.62. The quantitative estimate of drug-likeness (QED) is 0.376. The van der Waals surface area contributed by atoms with Gasteiger partial charge in [-0.1, -0.05) is 19.0 Å². The summed E-state index contributed by atoms with van der Waals surface area (Å²) in [4.78, 5) is 39.4. The van der Waals surface area contributed by atoms with Crippen molar-refractivity contribution in [3.8, 4) is 11.5 Å². The van der Waals surface area contributed by atoms with E-state index in [1.165, 1.54) is 11.3 Å². The zero-order chi connectivity index (χ0) is 21.6. The Balaban J connectivity index is 2.00. The van der Waals surface area contributed by atoms with Crippen molar-refractivity contribution in [1.82, 2.24) is 15.5 Å². The summed E-state index contributed by atoms with van der Waals surface area (Å²) in [5.41, 5.74) is 5.86. The van der Waals surface area contributed by atoms with Gasteiger partial charge in [0, 0.05) is 11.9 Å². The second-order valence-electron chi connectivity index (χ2n) is 6.80. The molecule has 0 saturated carbocycles. The molecule has 0 saturated heterocycles. The Labute approximate surface area is 171 Å². The van der Waals surface area contributed by atoms with Gasteiger partial charge in [-0.3, -0.25) is 9.59 Å². The van der Waals surface area contributed by atoms with Crippen molar-refractivity contribution in [2.24, 2.45) is 11.7 Å². The minimum Gasteiger partial charge on any atom is -0.368 e. The topological polar surface area (TPSA) is 162 Å². The van der Waals surface area contributed by atoms with E-state index in [1.807, 2.05) is 10.8 Å².